The first kappa shape index (κ1) is 19.9. The third-order valence-corrected chi connectivity index (χ3v) is 5.94. The summed E-state index contributed by atoms with van der Waals surface area (Å²) >= 11 is 0. The van der Waals surface area contributed by atoms with Gasteiger partial charge in [-0.05, 0) is 42.5 Å². The number of fused-ring (bicyclic) bond motifs is 1. The quantitative estimate of drug-likeness (QED) is 0.583. The normalized spacial score (nSPS) is 21.0. The van der Waals surface area contributed by atoms with Gasteiger partial charge in [-0.2, -0.15) is 0 Å². The molecule has 2 atom stereocenters. The van der Waals surface area contributed by atoms with Crippen LogP contribution in [0.3, 0.4) is 0 Å². The number of benzene rings is 2. The minimum Gasteiger partial charge on any atom is -0.454 e. The summed E-state index contributed by atoms with van der Waals surface area (Å²) < 4.78 is 10.7. The molecule has 0 saturated carbocycles. The average Bonchev–Trinajstić information content (AvgIpc) is 3.31. The molecule has 2 aliphatic rings. The van der Waals surface area contributed by atoms with Crippen LogP contribution in [0.1, 0.15) is 54.6 Å². The van der Waals surface area contributed by atoms with Crippen LogP contribution in [0, 0.1) is 0 Å². The number of amides is 3. The molecule has 0 radical (unpaired) electrons. The molecular formula is C23H24N2O5. The van der Waals surface area contributed by atoms with Gasteiger partial charge in [0.2, 0.25) is 6.79 Å². The van der Waals surface area contributed by atoms with Crippen molar-refractivity contribution in [1.82, 2.24) is 10.2 Å². The van der Waals surface area contributed by atoms with Gasteiger partial charge in [-0.15, -0.1) is 0 Å². The number of hydrogen-bond acceptors (Lipinski definition) is 5. The van der Waals surface area contributed by atoms with Crippen molar-refractivity contribution in [3.63, 3.8) is 0 Å². The second-order valence-electron chi connectivity index (χ2n) is 7.87. The number of carbonyl (C=O) groups excluding carboxylic acids is 3. The summed E-state index contributed by atoms with van der Waals surface area (Å²) in [6.45, 7) is 5.66. The van der Waals surface area contributed by atoms with E-state index in [0.717, 1.165) is 16.9 Å². The highest BCUT2D eigenvalue weighted by Gasteiger charge is 2.49. The van der Waals surface area contributed by atoms with Crippen LogP contribution in [0.15, 0.2) is 42.5 Å². The van der Waals surface area contributed by atoms with Gasteiger partial charge in [0.05, 0.1) is 6.54 Å². The molecule has 1 N–H and O–H groups in total. The van der Waals surface area contributed by atoms with E-state index < -0.39 is 17.5 Å². The van der Waals surface area contributed by atoms with E-state index >= 15 is 0 Å². The van der Waals surface area contributed by atoms with Crippen LogP contribution in [0.5, 0.6) is 11.5 Å². The Bertz CT molecular complexity index is 1020. The Morgan fingerprint density at radius 2 is 1.83 bits per heavy atom. The zero-order valence-electron chi connectivity index (χ0n) is 17.2. The third-order valence-electron chi connectivity index (χ3n) is 5.94. The zero-order valence-corrected chi connectivity index (χ0v) is 17.2. The number of nitrogens with zero attached hydrogens (tertiary/aromatic N) is 1. The van der Waals surface area contributed by atoms with Crippen LogP contribution in [-0.2, 0) is 10.3 Å². The number of rotatable bonds is 6. The lowest BCUT2D eigenvalue weighted by molar-refractivity contribution is -0.130. The SMILES string of the molecule is CC[C@H](C)c1ccc(C(=O)CN2C(=O)N[C@](C)(c3ccc4c(c3)OCO4)C2=O)cc1. The lowest BCUT2D eigenvalue weighted by Crippen LogP contribution is -2.41. The summed E-state index contributed by atoms with van der Waals surface area (Å²) in [5.41, 5.74) is 0.912. The highest BCUT2D eigenvalue weighted by Crippen LogP contribution is 2.37. The number of nitrogens with one attached hydrogen (secondary N) is 1. The van der Waals surface area contributed by atoms with Gasteiger partial charge in [-0.3, -0.25) is 14.5 Å². The van der Waals surface area contributed by atoms with Crippen LogP contribution in [0.2, 0.25) is 0 Å². The summed E-state index contributed by atoms with van der Waals surface area (Å²) in [5, 5.41) is 2.71. The Morgan fingerprint density at radius 1 is 1.13 bits per heavy atom. The number of ether oxygens (including phenoxy) is 2. The van der Waals surface area contributed by atoms with E-state index in [0.29, 0.717) is 28.5 Å². The molecular weight excluding hydrogens is 384 g/mol. The van der Waals surface area contributed by atoms with Crippen LogP contribution in [0.4, 0.5) is 4.79 Å². The van der Waals surface area contributed by atoms with Gasteiger partial charge < -0.3 is 14.8 Å². The van der Waals surface area contributed by atoms with Gasteiger partial charge in [0.1, 0.15) is 5.54 Å². The van der Waals surface area contributed by atoms with Crippen molar-refractivity contribution in [2.45, 2.75) is 38.6 Å². The van der Waals surface area contributed by atoms with Crippen LogP contribution in [-0.4, -0.2) is 36.0 Å². The Balaban J connectivity index is 1.52. The molecule has 7 heteroatoms. The molecule has 156 valence electrons. The molecule has 0 bridgehead atoms. The van der Waals surface area contributed by atoms with Gasteiger partial charge in [0, 0.05) is 5.56 Å². The van der Waals surface area contributed by atoms with E-state index in [9.17, 15) is 14.4 Å². The second kappa shape index (κ2) is 7.48. The van der Waals surface area contributed by atoms with E-state index in [2.05, 4.69) is 19.2 Å². The molecule has 0 spiro atoms. The van der Waals surface area contributed by atoms with Crippen molar-refractivity contribution in [1.29, 1.82) is 0 Å². The molecule has 1 saturated heterocycles. The van der Waals surface area contributed by atoms with Crippen LogP contribution < -0.4 is 14.8 Å². The highest BCUT2D eigenvalue weighted by molar-refractivity contribution is 6.11. The smallest absolute Gasteiger partial charge is 0.325 e. The van der Waals surface area contributed by atoms with Crippen molar-refractivity contribution < 1.29 is 23.9 Å². The van der Waals surface area contributed by atoms with Crippen LogP contribution in [0.25, 0.3) is 0 Å². The van der Waals surface area contributed by atoms with Crippen molar-refractivity contribution >= 4 is 17.7 Å². The molecule has 1 fully saturated rings. The zero-order chi connectivity index (χ0) is 21.5. The van der Waals surface area contributed by atoms with Crippen molar-refractivity contribution in [3.8, 4) is 11.5 Å². The Morgan fingerprint density at radius 3 is 2.53 bits per heavy atom. The largest absolute Gasteiger partial charge is 0.454 e. The minimum atomic E-state index is -1.28. The molecule has 2 heterocycles. The summed E-state index contributed by atoms with van der Waals surface area (Å²) in [7, 11) is 0. The van der Waals surface area contributed by atoms with Crippen molar-refractivity contribution in [2.75, 3.05) is 13.3 Å². The molecule has 0 aromatic heterocycles. The monoisotopic (exact) mass is 408 g/mol. The maximum atomic E-state index is 13.1. The summed E-state index contributed by atoms with van der Waals surface area (Å²) in [6.07, 6.45) is 1.01. The van der Waals surface area contributed by atoms with E-state index in [1.807, 2.05) is 12.1 Å². The van der Waals surface area contributed by atoms with E-state index in [1.165, 1.54) is 0 Å². The first-order valence-electron chi connectivity index (χ1n) is 10.0. The average molecular weight is 408 g/mol. The summed E-state index contributed by atoms with van der Waals surface area (Å²) in [5.74, 6) is 0.751. The fourth-order valence-corrected chi connectivity index (χ4v) is 3.71. The minimum absolute atomic E-state index is 0.117. The van der Waals surface area contributed by atoms with Gasteiger partial charge in [-0.1, -0.05) is 44.2 Å². The standard InChI is InChI=1S/C23H24N2O5/c1-4-14(2)15-5-7-16(8-6-15)18(26)12-25-21(27)23(3,24-22(25)28)17-9-10-19-20(11-17)30-13-29-19/h5-11,14H,4,12-13H2,1-3H3,(H,24,28)/t14-,23+/m0/s1. The van der Waals surface area contributed by atoms with Crippen molar-refractivity contribution in [2.24, 2.45) is 0 Å². The molecule has 0 aliphatic carbocycles. The van der Waals surface area contributed by atoms with Gasteiger partial charge in [0.15, 0.2) is 17.3 Å². The topological polar surface area (TPSA) is 84.9 Å². The Labute approximate surface area is 175 Å². The van der Waals surface area contributed by atoms with E-state index in [-0.39, 0.29) is 19.1 Å². The van der Waals surface area contributed by atoms with Crippen LogP contribution >= 0.6 is 0 Å². The molecule has 7 nitrogen and oxygen atoms in total. The number of Topliss-reactive ketones (excluding diaryl/α,β-unsaturated/α-hetero) is 1. The molecule has 30 heavy (non-hydrogen) atoms. The maximum absolute atomic E-state index is 13.1. The third kappa shape index (κ3) is 3.30. The Kier molecular flexibility index (Phi) is 4.97. The van der Waals surface area contributed by atoms with Gasteiger partial charge >= 0.3 is 6.03 Å². The Hall–Kier alpha value is -3.35. The van der Waals surface area contributed by atoms with E-state index in [1.54, 1.807) is 37.3 Å². The highest BCUT2D eigenvalue weighted by atomic mass is 16.7. The summed E-state index contributed by atoms with van der Waals surface area (Å²) in [4.78, 5) is 39.3. The number of ketones is 1. The number of imide groups is 1. The molecule has 2 aromatic rings. The fourth-order valence-electron chi connectivity index (χ4n) is 3.71. The fraction of sp³-hybridized carbons (Fsp3) is 0.348. The lowest BCUT2D eigenvalue weighted by Gasteiger charge is -2.22. The van der Waals surface area contributed by atoms with Crippen molar-refractivity contribution in [3.05, 3.63) is 59.2 Å². The predicted molar refractivity (Wildman–Crippen MR) is 110 cm³/mol. The molecule has 2 aliphatic heterocycles. The van der Waals surface area contributed by atoms with Gasteiger partial charge in [-0.25, -0.2) is 4.79 Å². The van der Waals surface area contributed by atoms with E-state index in [4.69, 9.17) is 9.47 Å². The number of hydrogen-bond donors (Lipinski definition) is 1. The molecule has 3 amide bonds. The second-order valence-corrected chi connectivity index (χ2v) is 7.87. The predicted octanol–water partition coefficient (Wildman–Crippen LogP) is 3.58. The lowest BCUT2D eigenvalue weighted by atomic mass is 9.91. The number of urea groups is 1. The molecule has 2 aromatic carbocycles. The first-order valence-corrected chi connectivity index (χ1v) is 10.0. The first-order chi connectivity index (χ1) is 14.3. The van der Waals surface area contributed by atoms with Gasteiger partial charge in [0.25, 0.3) is 5.91 Å². The number of carbonyl (C=O) groups is 3. The molecule has 4 rings (SSSR count). The maximum Gasteiger partial charge on any atom is 0.325 e. The molecule has 0 unspecified atom stereocenters. The summed E-state index contributed by atoms with van der Waals surface area (Å²) in [6, 6.07) is 11.8.